The number of aromatic nitrogens is 1. The minimum Gasteiger partial charge on any atom is -0.370 e. The first-order valence-electron chi connectivity index (χ1n) is 5.64. The van der Waals surface area contributed by atoms with E-state index in [1.54, 1.807) is 7.05 Å². The highest BCUT2D eigenvalue weighted by atomic mass is 15.1. The second kappa shape index (κ2) is 4.49. The molecule has 0 amide bonds. The molecule has 0 aliphatic rings. The number of nitrogens with zero attached hydrogens (tertiary/aromatic N) is 2. The molecule has 4 heteroatoms. The first-order valence-corrected chi connectivity index (χ1v) is 5.64. The zero-order valence-electron chi connectivity index (χ0n) is 10.5. The van der Waals surface area contributed by atoms with Gasteiger partial charge in [0.2, 0.25) is 0 Å². The van der Waals surface area contributed by atoms with Crippen LogP contribution in [0, 0.1) is 6.92 Å². The Balaban J connectivity index is 2.40. The van der Waals surface area contributed by atoms with Crippen molar-refractivity contribution in [1.82, 2.24) is 9.88 Å². The molecule has 2 aromatic rings. The largest absolute Gasteiger partial charge is 0.370 e. The van der Waals surface area contributed by atoms with Crippen LogP contribution >= 0.6 is 0 Å². The van der Waals surface area contributed by atoms with Crippen molar-refractivity contribution in [1.29, 1.82) is 0 Å². The third kappa shape index (κ3) is 1.98. The maximum absolute atomic E-state index is 5.64. The Morgan fingerprint density at radius 2 is 2.12 bits per heavy atom. The summed E-state index contributed by atoms with van der Waals surface area (Å²) in [7, 11) is 3.75. The van der Waals surface area contributed by atoms with E-state index in [0.717, 1.165) is 0 Å². The normalized spacial score (nSPS) is 12.1. The number of guanidine groups is 1. The number of para-hydroxylation sites is 1. The van der Waals surface area contributed by atoms with E-state index in [-0.39, 0.29) is 0 Å². The molecule has 2 rings (SSSR count). The molecule has 17 heavy (non-hydrogen) atoms. The maximum Gasteiger partial charge on any atom is 0.188 e. The molecule has 0 unspecified atom stereocenters. The van der Waals surface area contributed by atoms with Crippen molar-refractivity contribution < 1.29 is 0 Å². The Hall–Kier alpha value is -1.97. The highest BCUT2D eigenvalue weighted by Gasteiger charge is 2.10. The molecule has 90 valence electrons. The fourth-order valence-corrected chi connectivity index (χ4v) is 2.14. The van der Waals surface area contributed by atoms with Gasteiger partial charge < -0.3 is 15.6 Å². The van der Waals surface area contributed by atoms with E-state index in [9.17, 15) is 0 Å². The molecular formula is C13H18N4. The molecule has 0 radical (unpaired) electrons. The Morgan fingerprint density at radius 3 is 2.76 bits per heavy atom. The summed E-state index contributed by atoms with van der Waals surface area (Å²) in [5.41, 5.74) is 9.41. The Labute approximate surface area is 101 Å². The third-order valence-electron chi connectivity index (χ3n) is 3.19. The minimum absolute atomic E-state index is 0.467. The van der Waals surface area contributed by atoms with Gasteiger partial charge >= 0.3 is 0 Å². The molecule has 0 spiro atoms. The zero-order valence-corrected chi connectivity index (χ0v) is 10.5. The third-order valence-corrected chi connectivity index (χ3v) is 3.19. The number of aryl methyl sites for hydroxylation is 2. The molecule has 0 bridgehead atoms. The van der Waals surface area contributed by atoms with Gasteiger partial charge in [0.1, 0.15) is 0 Å². The molecular weight excluding hydrogens is 212 g/mol. The summed E-state index contributed by atoms with van der Waals surface area (Å²) >= 11 is 0. The van der Waals surface area contributed by atoms with Gasteiger partial charge in [0.25, 0.3) is 0 Å². The Morgan fingerprint density at radius 1 is 1.41 bits per heavy atom. The van der Waals surface area contributed by atoms with Gasteiger partial charge in [0, 0.05) is 30.7 Å². The van der Waals surface area contributed by atoms with Crippen LogP contribution in [0.5, 0.6) is 0 Å². The van der Waals surface area contributed by atoms with E-state index >= 15 is 0 Å². The average Bonchev–Trinajstić information content (AvgIpc) is 2.60. The van der Waals surface area contributed by atoms with Crippen LogP contribution in [0.15, 0.2) is 29.3 Å². The van der Waals surface area contributed by atoms with Crippen molar-refractivity contribution in [2.75, 3.05) is 7.05 Å². The molecule has 0 saturated carbocycles. The van der Waals surface area contributed by atoms with Crippen molar-refractivity contribution in [3.05, 3.63) is 35.5 Å². The van der Waals surface area contributed by atoms with E-state index in [4.69, 9.17) is 5.73 Å². The maximum atomic E-state index is 5.64. The summed E-state index contributed by atoms with van der Waals surface area (Å²) in [5.74, 6) is 0.467. The van der Waals surface area contributed by atoms with Crippen LogP contribution in [0.3, 0.4) is 0 Å². The summed E-state index contributed by atoms with van der Waals surface area (Å²) in [6.07, 6.45) is 0. The molecule has 1 aromatic carbocycles. The standard InChI is InChI=1S/C13H18N4/c1-9-10-6-4-5-7-11(10)17(3)12(9)8-16-13(14)15-2/h4-7H,8H2,1-3H3,(H3,14,15,16). The van der Waals surface area contributed by atoms with Crippen LogP contribution < -0.4 is 11.1 Å². The summed E-state index contributed by atoms with van der Waals surface area (Å²) in [6.45, 7) is 2.83. The lowest BCUT2D eigenvalue weighted by Gasteiger charge is -2.07. The van der Waals surface area contributed by atoms with Gasteiger partial charge in [0.15, 0.2) is 5.96 Å². The average molecular weight is 230 g/mol. The van der Waals surface area contributed by atoms with Crippen LogP contribution in [-0.4, -0.2) is 17.6 Å². The first-order chi connectivity index (χ1) is 8.15. The highest BCUT2D eigenvalue weighted by molar-refractivity contribution is 5.85. The van der Waals surface area contributed by atoms with Crippen LogP contribution in [0.25, 0.3) is 10.9 Å². The number of benzene rings is 1. The van der Waals surface area contributed by atoms with Crippen LogP contribution in [0.1, 0.15) is 11.3 Å². The minimum atomic E-state index is 0.467. The first kappa shape index (κ1) is 11.5. The molecule has 1 aromatic heterocycles. The number of fused-ring (bicyclic) bond motifs is 1. The van der Waals surface area contributed by atoms with Crippen molar-refractivity contribution in [2.24, 2.45) is 17.8 Å². The molecule has 0 fully saturated rings. The van der Waals surface area contributed by atoms with Gasteiger partial charge in [-0.1, -0.05) is 18.2 Å². The van der Waals surface area contributed by atoms with Gasteiger partial charge in [-0.3, -0.25) is 4.99 Å². The van der Waals surface area contributed by atoms with Crippen molar-refractivity contribution in [3.63, 3.8) is 0 Å². The lowest BCUT2D eigenvalue weighted by atomic mass is 10.1. The Kier molecular flexibility index (Phi) is 3.04. The van der Waals surface area contributed by atoms with Gasteiger partial charge in [-0.2, -0.15) is 0 Å². The number of aliphatic imine (C=N–C) groups is 1. The van der Waals surface area contributed by atoms with Gasteiger partial charge in [-0.05, 0) is 18.6 Å². The van der Waals surface area contributed by atoms with E-state index < -0.39 is 0 Å². The van der Waals surface area contributed by atoms with E-state index in [2.05, 4.69) is 53.1 Å². The van der Waals surface area contributed by atoms with Gasteiger partial charge in [-0.25, -0.2) is 0 Å². The van der Waals surface area contributed by atoms with E-state index in [1.165, 1.54) is 22.2 Å². The number of nitrogens with one attached hydrogen (secondary N) is 1. The fourth-order valence-electron chi connectivity index (χ4n) is 2.14. The highest BCUT2D eigenvalue weighted by Crippen LogP contribution is 2.23. The Bertz CT molecular complexity index is 527. The van der Waals surface area contributed by atoms with Crippen molar-refractivity contribution in [3.8, 4) is 0 Å². The monoisotopic (exact) mass is 230 g/mol. The summed E-state index contributed by atoms with van der Waals surface area (Å²) in [6, 6.07) is 8.39. The van der Waals surface area contributed by atoms with Crippen LogP contribution in [-0.2, 0) is 13.6 Å². The van der Waals surface area contributed by atoms with Gasteiger partial charge in [-0.15, -0.1) is 0 Å². The number of rotatable bonds is 2. The molecule has 4 nitrogen and oxygen atoms in total. The fraction of sp³-hybridized carbons (Fsp3) is 0.308. The van der Waals surface area contributed by atoms with E-state index in [0.29, 0.717) is 12.5 Å². The molecule has 0 saturated heterocycles. The number of hydrogen-bond acceptors (Lipinski definition) is 1. The van der Waals surface area contributed by atoms with Crippen molar-refractivity contribution >= 4 is 16.9 Å². The molecule has 3 N–H and O–H groups in total. The second-order valence-electron chi connectivity index (χ2n) is 4.11. The molecule has 1 heterocycles. The molecule has 0 aliphatic heterocycles. The number of nitrogens with two attached hydrogens (primary N) is 1. The predicted octanol–water partition coefficient (Wildman–Crippen LogP) is 1.52. The quantitative estimate of drug-likeness (QED) is 0.607. The summed E-state index contributed by atoms with van der Waals surface area (Å²) in [4.78, 5) is 3.89. The second-order valence-corrected chi connectivity index (χ2v) is 4.11. The molecule has 0 atom stereocenters. The van der Waals surface area contributed by atoms with Crippen LogP contribution in [0.4, 0.5) is 0 Å². The van der Waals surface area contributed by atoms with Gasteiger partial charge in [0.05, 0.1) is 6.54 Å². The SMILES string of the molecule is CN=C(N)NCc1c(C)c2ccccc2n1C. The summed E-state index contributed by atoms with van der Waals surface area (Å²) in [5, 5.41) is 4.39. The topological polar surface area (TPSA) is 55.3 Å². The smallest absolute Gasteiger partial charge is 0.188 e. The zero-order chi connectivity index (χ0) is 12.4. The lowest BCUT2D eigenvalue weighted by molar-refractivity contribution is 0.784. The predicted molar refractivity (Wildman–Crippen MR) is 72.0 cm³/mol. The van der Waals surface area contributed by atoms with E-state index in [1.807, 2.05) is 0 Å². The summed E-state index contributed by atoms with van der Waals surface area (Å²) < 4.78 is 2.20. The lowest BCUT2D eigenvalue weighted by Crippen LogP contribution is -2.31. The van der Waals surface area contributed by atoms with Crippen LogP contribution in [0.2, 0.25) is 0 Å². The van der Waals surface area contributed by atoms with Crippen molar-refractivity contribution in [2.45, 2.75) is 13.5 Å². The molecule has 0 aliphatic carbocycles. The number of hydrogen-bond donors (Lipinski definition) is 2.